The van der Waals surface area contributed by atoms with Crippen LogP contribution in [0.2, 0.25) is 0 Å². The normalized spacial score (nSPS) is 19.0. The van der Waals surface area contributed by atoms with E-state index in [2.05, 4.69) is 5.32 Å². The summed E-state index contributed by atoms with van der Waals surface area (Å²) in [5, 5.41) is 3.12. The van der Waals surface area contributed by atoms with Crippen molar-refractivity contribution in [3.8, 4) is 11.5 Å². The topological polar surface area (TPSA) is 47.6 Å². The van der Waals surface area contributed by atoms with Gasteiger partial charge >= 0.3 is 0 Å². The Kier molecular flexibility index (Phi) is 4.37. The number of hydrogen-bond donors (Lipinski definition) is 1. The maximum atomic E-state index is 14.0. The summed E-state index contributed by atoms with van der Waals surface area (Å²) in [5.41, 5.74) is 0.0528. The van der Waals surface area contributed by atoms with Crippen LogP contribution >= 0.6 is 0 Å². The van der Waals surface area contributed by atoms with Crippen molar-refractivity contribution >= 4 is 5.78 Å². The third kappa shape index (κ3) is 2.87. The van der Waals surface area contributed by atoms with Gasteiger partial charge in [-0.3, -0.25) is 4.79 Å². The highest BCUT2D eigenvalue weighted by atomic mass is 19.1. The van der Waals surface area contributed by atoms with Crippen molar-refractivity contribution in [1.29, 1.82) is 0 Å². The van der Waals surface area contributed by atoms with Gasteiger partial charge in [0.15, 0.2) is 17.3 Å². The number of carbonyl (C=O) groups excluding carboxylic acids is 1. The summed E-state index contributed by atoms with van der Waals surface area (Å²) < 4.78 is 24.1. The zero-order valence-electron chi connectivity index (χ0n) is 11.2. The standard InChI is InChI=1S/C14H18FNO3/c1-18-12-7-9(10(15)8-13(12)19-2)14(17)11-5-3-4-6-16-11/h7-8,11,16H,3-6H2,1-2H3. The van der Waals surface area contributed by atoms with Crippen LogP contribution in [0.15, 0.2) is 12.1 Å². The highest BCUT2D eigenvalue weighted by molar-refractivity contribution is 6.01. The van der Waals surface area contributed by atoms with Crippen LogP contribution in [-0.4, -0.2) is 32.6 Å². The maximum Gasteiger partial charge on any atom is 0.182 e. The number of Topliss-reactive ketones (excluding diaryl/α,β-unsaturated/α-hetero) is 1. The molecule has 1 saturated heterocycles. The van der Waals surface area contributed by atoms with Gasteiger partial charge in [-0.15, -0.1) is 0 Å². The smallest absolute Gasteiger partial charge is 0.182 e. The maximum absolute atomic E-state index is 14.0. The van der Waals surface area contributed by atoms with Crippen LogP contribution in [0.1, 0.15) is 29.6 Å². The molecule has 1 aromatic carbocycles. The molecule has 0 aromatic heterocycles. The summed E-state index contributed by atoms with van der Waals surface area (Å²) in [7, 11) is 2.89. The predicted molar refractivity (Wildman–Crippen MR) is 69.5 cm³/mol. The van der Waals surface area contributed by atoms with E-state index >= 15 is 0 Å². The van der Waals surface area contributed by atoms with Crippen LogP contribution in [0.5, 0.6) is 11.5 Å². The largest absolute Gasteiger partial charge is 0.493 e. The highest BCUT2D eigenvalue weighted by Crippen LogP contribution is 2.30. The minimum atomic E-state index is -0.574. The van der Waals surface area contributed by atoms with Crippen LogP contribution in [0.3, 0.4) is 0 Å². The lowest BCUT2D eigenvalue weighted by Gasteiger charge is -2.22. The monoisotopic (exact) mass is 267 g/mol. The molecule has 1 aromatic rings. The first-order valence-corrected chi connectivity index (χ1v) is 6.36. The van der Waals surface area contributed by atoms with Gasteiger partial charge in [0.1, 0.15) is 5.82 Å². The zero-order valence-corrected chi connectivity index (χ0v) is 11.2. The van der Waals surface area contributed by atoms with E-state index in [4.69, 9.17) is 9.47 Å². The molecule has 1 fully saturated rings. The van der Waals surface area contributed by atoms with E-state index in [9.17, 15) is 9.18 Å². The summed E-state index contributed by atoms with van der Waals surface area (Å²) >= 11 is 0. The Morgan fingerprint density at radius 2 is 1.95 bits per heavy atom. The number of piperidine rings is 1. The predicted octanol–water partition coefficient (Wildman–Crippen LogP) is 2.17. The van der Waals surface area contributed by atoms with Crippen LogP contribution < -0.4 is 14.8 Å². The second-order valence-corrected chi connectivity index (χ2v) is 4.55. The molecule has 1 unspecified atom stereocenters. The van der Waals surface area contributed by atoms with Crippen molar-refractivity contribution in [3.05, 3.63) is 23.5 Å². The highest BCUT2D eigenvalue weighted by Gasteiger charge is 2.25. The molecular formula is C14H18FNO3. The Morgan fingerprint density at radius 1 is 1.26 bits per heavy atom. The Bertz CT molecular complexity index is 470. The molecule has 0 radical (unpaired) electrons. The van der Waals surface area contributed by atoms with E-state index in [-0.39, 0.29) is 23.1 Å². The summed E-state index contributed by atoms with van der Waals surface area (Å²) in [6.07, 6.45) is 2.78. The van der Waals surface area contributed by atoms with Crippen molar-refractivity contribution in [2.45, 2.75) is 25.3 Å². The number of methoxy groups -OCH3 is 2. The lowest BCUT2D eigenvalue weighted by Crippen LogP contribution is -2.40. The lowest BCUT2D eigenvalue weighted by molar-refractivity contribution is 0.0922. The summed E-state index contributed by atoms with van der Waals surface area (Å²) in [4.78, 5) is 12.3. The molecule has 0 spiro atoms. The molecule has 104 valence electrons. The molecule has 5 heteroatoms. The SMILES string of the molecule is COc1cc(F)c(C(=O)C2CCCCN2)cc1OC. The zero-order chi connectivity index (χ0) is 13.8. The first kappa shape index (κ1) is 13.8. The molecule has 2 rings (SSSR count). The molecule has 1 aliphatic rings. The fourth-order valence-electron chi connectivity index (χ4n) is 2.31. The number of ether oxygens (including phenoxy) is 2. The summed E-state index contributed by atoms with van der Waals surface area (Å²) in [6, 6.07) is 2.29. The average Bonchev–Trinajstić information content (AvgIpc) is 2.47. The number of ketones is 1. The Balaban J connectivity index is 2.30. The molecule has 0 aliphatic carbocycles. The Labute approximate surface area is 111 Å². The Hall–Kier alpha value is -1.62. The molecule has 4 nitrogen and oxygen atoms in total. The molecule has 1 atom stereocenters. The molecule has 0 bridgehead atoms. The first-order chi connectivity index (χ1) is 9.17. The van der Waals surface area contributed by atoms with Gasteiger partial charge in [-0.1, -0.05) is 6.42 Å². The lowest BCUT2D eigenvalue weighted by atomic mass is 9.96. The Morgan fingerprint density at radius 3 is 2.53 bits per heavy atom. The second-order valence-electron chi connectivity index (χ2n) is 4.55. The van der Waals surface area contributed by atoms with Gasteiger partial charge in [-0.05, 0) is 25.5 Å². The summed E-state index contributed by atoms with van der Waals surface area (Å²) in [6.45, 7) is 0.797. The van der Waals surface area contributed by atoms with E-state index in [1.807, 2.05) is 0 Å². The van der Waals surface area contributed by atoms with Gasteiger partial charge in [0.2, 0.25) is 0 Å². The van der Waals surface area contributed by atoms with E-state index in [1.54, 1.807) is 0 Å². The fraction of sp³-hybridized carbons (Fsp3) is 0.500. The van der Waals surface area contributed by atoms with Crippen LogP contribution in [0, 0.1) is 5.82 Å². The van der Waals surface area contributed by atoms with Crippen molar-refractivity contribution < 1.29 is 18.7 Å². The van der Waals surface area contributed by atoms with Gasteiger partial charge < -0.3 is 14.8 Å². The summed E-state index contributed by atoms with van der Waals surface area (Å²) in [5.74, 6) is -0.149. The molecule has 19 heavy (non-hydrogen) atoms. The minimum absolute atomic E-state index is 0.0528. The van der Waals surface area contributed by atoms with Gasteiger partial charge in [0.25, 0.3) is 0 Å². The molecule has 1 aliphatic heterocycles. The van der Waals surface area contributed by atoms with Gasteiger partial charge in [0, 0.05) is 6.07 Å². The fourth-order valence-corrected chi connectivity index (χ4v) is 2.31. The van der Waals surface area contributed by atoms with Crippen LogP contribution in [-0.2, 0) is 0 Å². The van der Waals surface area contributed by atoms with Gasteiger partial charge in [0.05, 0.1) is 25.8 Å². The van der Waals surface area contributed by atoms with Gasteiger partial charge in [-0.2, -0.15) is 0 Å². The number of benzene rings is 1. The number of rotatable bonds is 4. The van der Waals surface area contributed by atoms with E-state index in [0.717, 1.165) is 25.8 Å². The quantitative estimate of drug-likeness (QED) is 0.849. The van der Waals surface area contributed by atoms with Crippen LogP contribution in [0.25, 0.3) is 0 Å². The molecular weight excluding hydrogens is 249 g/mol. The second kappa shape index (κ2) is 6.02. The number of hydrogen-bond acceptors (Lipinski definition) is 4. The first-order valence-electron chi connectivity index (χ1n) is 6.36. The number of carbonyl (C=O) groups is 1. The number of nitrogens with one attached hydrogen (secondary N) is 1. The van der Waals surface area contributed by atoms with E-state index in [0.29, 0.717) is 5.75 Å². The van der Waals surface area contributed by atoms with Crippen molar-refractivity contribution in [1.82, 2.24) is 5.32 Å². The molecule has 1 N–H and O–H groups in total. The van der Waals surface area contributed by atoms with E-state index in [1.165, 1.54) is 26.4 Å². The van der Waals surface area contributed by atoms with Crippen molar-refractivity contribution in [3.63, 3.8) is 0 Å². The van der Waals surface area contributed by atoms with Gasteiger partial charge in [-0.25, -0.2) is 4.39 Å². The van der Waals surface area contributed by atoms with Crippen LogP contribution in [0.4, 0.5) is 4.39 Å². The average molecular weight is 267 g/mol. The molecule has 1 heterocycles. The molecule has 0 amide bonds. The molecule has 0 saturated carbocycles. The number of halogens is 1. The third-order valence-electron chi connectivity index (χ3n) is 3.37. The van der Waals surface area contributed by atoms with E-state index < -0.39 is 5.82 Å². The third-order valence-corrected chi connectivity index (χ3v) is 3.37. The van der Waals surface area contributed by atoms with Crippen molar-refractivity contribution in [2.75, 3.05) is 20.8 Å². The van der Waals surface area contributed by atoms with Crippen molar-refractivity contribution in [2.24, 2.45) is 0 Å². The minimum Gasteiger partial charge on any atom is -0.493 e.